The van der Waals surface area contributed by atoms with Gasteiger partial charge in [0.15, 0.2) is 0 Å². The van der Waals surface area contributed by atoms with Crippen LogP contribution in [0.2, 0.25) is 0 Å². The molecule has 0 saturated carbocycles. The van der Waals surface area contributed by atoms with E-state index in [1.165, 1.54) is 0 Å². The lowest BCUT2D eigenvalue weighted by Crippen LogP contribution is -2.17. The maximum absolute atomic E-state index is 10.1. The number of rotatable bonds is 2. The number of aliphatic carboxylic acids is 1. The second-order valence-electron chi connectivity index (χ2n) is 2.35. The van der Waals surface area contributed by atoms with Gasteiger partial charge in [0.25, 0.3) is 0 Å². The molecule has 0 aromatic rings. The summed E-state index contributed by atoms with van der Waals surface area (Å²) in [5.74, 6) is -0.739. The van der Waals surface area contributed by atoms with Gasteiger partial charge in [-0.15, -0.1) is 0 Å². The molecule has 1 N–H and O–H groups in total. The van der Waals surface area contributed by atoms with Crippen LogP contribution < -0.4 is 0 Å². The maximum Gasteiger partial charge on any atom is 0.327 e. The lowest BCUT2D eigenvalue weighted by atomic mass is 10.1. The van der Waals surface area contributed by atoms with Crippen molar-refractivity contribution in [3.05, 3.63) is 12.2 Å². The first-order chi connectivity index (χ1) is 5.29. The van der Waals surface area contributed by atoms with E-state index in [2.05, 4.69) is 9.78 Å². The minimum atomic E-state index is -0.920. The monoisotopic (exact) mass is 158 g/mol. The molecule has 0 aliphatic carbocycles. The van der Waals surface area contributed by atoms with Gasteiger partial charge in [0, 0.05) is 12.0 Å². The molecular formula is C7H10O4. The van der Waals surface area contributed by atoms with Crippen LogP contribution in [0.25, 0.3) is 0 Å². The smallest absolute Gasteiger partial charge is 0.327 e. The molecule has 11 heavy (non-hydrogen) atoms. The van der Waals surface area contributed by atoms with E-state index in [0.29, 0.717) is 13.2 Å². The van der Waals surface area contributed by atoms with Crippen molar-refractivity contribution in [3.63, 3.8) is 0 Å². The molecule has 1 aliphatic rings. The van der Waals surface area contributed by atoms with E-state index >= 15 is 0 Å². The fourth-order valence-corrected chi connectivity index (χ4v) is 0.847. The molecule has 62 valence electrons. The molecule has 0 spiro atoms. The Morgan fingerprint density at radius 1 is 1.55 bits per heavy atom. The lowest BCUT2D eigenvalue weighted by molar-refractivity contribution is -0.320. The zero-order valence-corrected chi connectivity index (χ0v) is 6.03. The van der Waals surface area contributed by atoms with Crippen LogP contribution >= 0.6 is 0 Å². The third-order valence-electron chi connectivity index (χ3n) is 1.45. The van der Waals surface area contributed by atoms with Crippen LogP contribution in [0.5, 0.6) is 0 Å². The Labute approximate surface area is 64.3 Å². The number of carboxylic acids is 1. The van der Waals surface area contributed by atoms with Crippen molar-refractivity contribution in [1.29, 1.82) is 0 Å². The Morgan fingerprint density at radius 2 is 2.36 bits per heavy atom. The molecular weight excluding hydrogens is 148 g/mol. The van der Waals surface area contributed by atoms with Crippen LogP contribution in [-0.4, -0.2) is 24.3 Å². The van der Waals surface area contributed by atoms with Crippen molar-refractivity contribution in [2.75, 3.05) is 13.2 Å². The van der Waals surface area contributed by atoms with Gasteiger partial charge >= 0.3 is 5.97 Å². The summed E-state index contributed by atoms with van der Waals surface area (Å²) in [6.07, 6.45) is 3.59. The van der Waals surface area contributed by atoms with E-state index in [-0.39, 0.29) is 5.92 Å². The quantitative estimate of drug-likeness (QED) is 0.472. The molecule has 1 unspecified atom stereocenters. The first-order valence-electron chi connectivity index (χ1n) is 3.44. The largest absolute Gasteiger partial charge is 0.478 e. The first kappa shape index (κ1) is 8.23. The van der Waals surface area contributed by atoms with Gasteiger partial charge in [0.05, 0.1) is 13.2 Å². The highest BCUT2D eigenvalue weighted by Gasteiger charge is 2.11. The molecule has 1 saturated heterocycles. The first-order valence-corrected chi connectivity index (χ1v) is 3.44. The highest BCUT2D eigenvalue weighted by Crippen LogP contribution is 2.11. The number of hydrogen-bond acceptors (Lipinski definition) is 3. The maximum atomic E-state index is 10.1. The molecule has 0 aromatic heterocycles. The van der Waals surface area contributed by atoms with Crippen molar-refractivity contribution in [3.8, 4) is 0 Å². The van der Waals surface area contributed by atoms with Gasteiger partial charge in [0.1, 0.15) is 0 Å². The fraction of sp³-hybridized carbons (Fsp3) is 0.571. The van der Waals surface area contributed by atoms with Gasteiger partial charge in [-0.25, -0.2) is 14.6 Å². The van der Waals surface area contributed by atoms with E-state index in [1.807, 2.05) is 0 Å². The third kappa shape index (κ3) is 3.15. The topological polar surface area (TPSA) is 55.8 Å². The van der Waals surface area contributed by atoms with E-state index < -0.39 is 5.97 Å². The van der Waals surface area contributed by atoms with E-state index in [4.69, 9.17) is 5.11 Å². The Bertz CT molecular complexity index is 158. The van der Waals surface area contributed by atoms with Gasteiger partial charge in [0.2, 0.25) is 0 Å². The Kier molecular flexibility index (Phi) is 3.07. The molecule has 1 rings (SSSR count). The van der Waals surface area contributed by atoms with Crippen molar-refractivity contribution >= 4 is 5.97 Å². The fourth-order valence-electron chi connectivity index (χ4n) is 0.847. The molecule has 4 nitrogen and oxygen atoms in total. The molecule has 1 fully saturated rings. The standard InChI is InChI=1S/C7H10O4/c8-7(9)2-1-6-3-4-10-11-5-6/h1-2,6H,3-5H2,(H,8,9)/b2-1+. The van der Waals surface area contributed by atoms with Gasteiger partial charge < -0.3 is 5.11 Å². The molecule has 4 heteroatoms. The summed E-state index contributed by atoms with van der Waals surface area (Å²) in [6.45, 7) is 0.985. The van der Waals surface area contributed by atoms with Crippen molar-refractivity contribution in [1.82, 2.24) is 0 Å². The molecule has 1 aliphatic heterocycles. The highest BCUT2D eigenvalue weighted by molar-refractivity contribution is 5.79. The molecule has 0 radical (unpaired) electrons. The lowest BCUT2D eigenvalue weighted by Gasteiger charge is -2.17. The summed E-state index contributed by atoms with van der Waals surface area (Å²) in [5.41, 5.74) is 0. The number of hydrogen-bond donors (Lipinski definition) is 1. The summed E-state index contributed by atoms with van der Waals surface area (Å²) in [7, 11) is 0. The minimum Gasteiger partial charge on any atom is -0.478 e. The molecule has 0 amide bonds. The Balaban J connectivity index is 2.29. The van der Waals surface area contributed by atoms with Crippen LogP contribution in [0, 0.1) is 5.92 Å². The average molecular weight is 158 g/mol. The zero-order chi connectivity index (χ0) is 8.10. The zero-order valence-electron chi connectivity index (χ0n) is 6.03. The molecule has 1 heterocycles. The van der Waals surface area contributed by atoms with Gasteiger partial charge in [-0.1, -0.05) is 6.08 Å². The summed E-state index contributed by atoms with van der Waals surface area (Å²) in [6, 6.07) is 0. The summed E-state index contributed by atoms with van der Waals surface area (Å²) >= 11 is 0. The number of carbonyl (C=O) groups is 1. The second kappa shape index (κ2) is 4.10. The van der Waals surface area contributed by atoms with E-state index in [1.54, 1.807) is 6.08 Å². The predicted molar refractivity (Wildman–Crippen MR) is 36.8 cm³/mol. The van der Waals surface area contributed by atoms with Crippen LogP contribution in [-0.2, 0) is 14.6 Å². The summed E-state index contributed by atoms with van der Waals surface area (Å²) < 4.78 is 0. The third-order valence-corrected chi connectivity index (χ3v) is 1.45. The Hall–Kier alpha value is -0.870. The van der Waals surface area contributed by atoms with Crippen molar-refractivity contribution in [2.24, 2.45) is 5.92 Å². The average Bonchev–Trinajstić information content (AvgIpc) is 2.03. The van der Waals surface area contributed by atoms with Crippen LogP contribution in [0.4, 0.5) is 0 Å². The van der Waals surface area contributed by atoms with Gasteiger partial charge in [-0.3, -0.25) is 0 Å². The van der Waals surface area contributed by atoms with Crippen molar-refractivity contribution < 1.29 is 19.7 Å². The van der Waals surface area contributed by atoms with Crippen LogP contribution in [0.3, 0.4) is 0 Å². The molecule has 0 aromatic carbocycles. The van der Waals surface area contributed by atoms with E-state index in [9.17, 15) is 4.79 Å². The van der Waals surface area contributed by atoms with Crippen LogP contribution in [0.1, 0.15) is 6.42 Å². The summed E-state index contributed by atoms with van der Waals surface area (Å²) in [4.78, 5) is 19.4. The van der Waals surface area contributed by atoms with Gasteiger partial charge in [-0.2, -0.15) is 0 Å². The molecule has 1 atom stereocenters. The van der Waals surface area contributed by atoms with Crippen LogP contribution in [0.15, 0.2) is 12.2 Å². The number of carboxylic acid groups (broad SMARTS) is 1. The second-order valence-corrected chi connectivity index (χ2v) is 2.35. The Morgan fingerprint density at radius 3 is 2.91 bits per heavy atom. The van der Waals surface area contributed by atoms with E-state index in [0.717, 1.165) is 12.5 Å². The minimum absolute atomic E-state index is 0.180. The summed E-state index contributed by atoms with van der Waals surface area (Å²) in [5, 5.41) is 8.29. The highest BCUT2D eigenvalue weighted by atomic mass is 17.2. The molecule has 0 bridgehead atoms. The van der Waals surface area contributed by atoms with Gasteiger partial charge in [-0.05, 0) is 6.42 Å². The SMILES string of the molecule is O=C(O)/C=C/C1CCOOC1. The predicted octanol–water partition coefficient (Wildman–Crippen LogP) is 0.595. The normalized spacial score (nSPS) is 25.6. The van der Waals surface area contributed by atoms with Crippen molar-refractivity contribution in [2.45, 2.75) is 6.42 Å².